The second-order valence-electron chi connectivity index (χ2n) is 10.5. The summed E-state index contributed by atoms with van der Waals surface area (Å²) in [6.07, 6.45) is 0. The highest BCUT2D eigenvalue weighted by Gasteiger charge is 2.34. The average molecular weight is 502 g/mol. The standard InChI is InChI=1S/C35H23N3O/c1-35(2)29-5-3-4-6-33(29)39-34-16-11-25(19-30(34)35)24-10-15-32-28(18-24)27-17-23(21-37)9-14-31(27)38(32)26-12-7-22(20-36)8-13-26/h3-19H,1-2H3. The number of hydrogen-bond acceptors (Lipinski definition) is 3. The van der Waals surface area contributed by atoms with E-state index in [0.717, 1.165) is 55.7 Å². The molecule has 4 nitrogen and oxygen atoms in total. The maximum Gasteiger partial charge on any atom is 0.131 e. The number of benzene rings is 5. The van der Waals surface area contributed by atoms with Crippen molar-refractivity contribution in [1.29, 1.82) is 10.5 Å². The van der Waals surface area contributed by atoms with Gasteiger partial charge in [0.15, 0.2) is 0 Å². The van der Waals surface area contributed by atoms with E-state index in [2.05, 4.69) is 79.1 Å². The molecule has 2 heterocycles. The second kappa shape index (κ2) is 8.35. The van der Waals surface area contributed by atoms with E-state index in [-0.39, 0.29) is 5.41 Å². The van der Waals surface area contributed by atoms with Gasteiger partial charge in [-0.3, -0.25) is 0 Å². The Bertz CT molecular complexity index is 2030. The van der Waals surface area contributed by atoms with Gasteiger partial charge in [0.2, 0.25) is 0 Å². The first-order chi connectivity index (χ1) is 19.0. The zero-order chi connectivity index (χ0) is 26.7. The molecule has 0 bridgehead atoms. The summed E-state index contributed by atoms with van der Waals surface area (Å²) in [5, 5.41) is 21.0. The van der Waals surface area contributed by atoms with E-state index in [1.54, 1.807) is 0 Å². The fourth-order valence-electron chi connectivity index (χ4n) is 5.86. The summed E-state index contributed by atoms with van der Waals surface area (Å²) in [5.41, 5.74) is 8.63. The van der Waals surface area contributed by atoms with Crippen LogP contribution in [-0.4, -0.2) is 4.57 Å². The van der Waals surface area contributed by atoms with Gasteiger partial charge in [-0.1, -0.05) is 44.2 Å². The first-order valence-corrected chi connectivity index (χ1v) is 12.9. The van der Waals surface area contributed by atoms with Gasteiger partial charge in [0.25, 0.3) is 0 Å². The number of para-hydroxylation sites is 1. The average Bonchev–Trinajstić information content (AvgIpc) is 3.30. The fraction of sp³-hybridized carbons (Fsp3) is 0.0857. The minimum Gasteiger partial charge on any atom is -0.457 e. The lowest BCUT2D eigenvalue weighted by Gasteiger charge is -2.34. The molecule has 1 aromatic heterocycles. The SMILES string of the molecule is CC1(C)c2ccccc2Oc2ccc(-c3ccc4c(c3)c3cc(C#N)ccc3n4-c3ccc(C#N)cc3)cc21. The Hall–Kier alpha value is -5.32. The highest BCUT2D eigenvalue weighted by atomic mass is 16.5. The number of nitrogens with zero attached hydrogens (tertiary/aromatic N) is 3. The molecule has 0 spiro atoms. The van der Waals surface area contributed by atoms with E-state index in [0.29, 0.717) is 11.1 Å². The second-order valence-corrected chi connectivity index (χ2v) is 10.5. The number of fused-ring (bicyclic) bond motifs is 5. The van der Waals surface area contributed by atoms with Gasteiger partial charge >= 0.3 is 0 Å². The molecule has 39 heavy (non-hydrogen) atoms. The first-order valence-electron chi connectivity index (χ1n) is 12.9. The first kappa shape index (κ1) is 22.8. The molecule has 0 saturated carbocycles. The summed E-state index contributed by atoms with van der Waals surface area (Å²) in [4.78, 5) is 0. The van der Waals surface area contributed by atoms with Crippen LogP contribution in [0.4, 0.5) is 0 Å². The maximum absolute atomic E-state index is 9.62. The van der Waals surface area contributed by atoms with Crippen molar-refractivity contribution in [2.75, 3.05) is 0 Å². The van der Waals surface area contributed by atoms with Crippen LogP contribution in [0.25, 0.3) is 38.6 Å². The van der Waals surface area contributed by atoms with Gasteiger partial charge in [-0.05, 0) is 83.9 Å². The molecular weight excluding hydrogens is 478 g/mol. The Morgan fingerprint density at radius 2 is 1.23 bits per heavy atom. The topological polar surface area (TPSA) is 61.7 Å². The zero-order valence-corrected chi connectivity index (χ0v) is 21.6. The lowest BCUT2D eigenvalue weighted by atomic mass is 9.75. The molecule has 0 radical (unpaired) electrons. The van der Waals surface area contributed by atoms with Crippen molar-refractivity contribution in [2.45, 2.75) is 19.3 Å². The normalized spacial score (nSPS) is 13.2. The Morgan fingerprint density at radius 1 is 0.615 bits per heavy atom. The van der Waals surface area contributed by atoms with Crippen molar-refractivity contribution in [2.24, 2.45) is 0 Å². The van der Waals surface area contributed by atoms with Crippen LogP contribution in [-0.2, 0) is 5.41 Å². The molecule has 1 aliphatic rings. The molecule has 0 N–H and O–H groups in total. The molecule has 0 saturated heterocycles. The van der Waals surface area contributed by atoms with Gasteiger partial charge in [0.1, 0.15) is 11.5 Å². The van der Waals surface area contributed by atoms with Crippen LogP contribution < -0.4 is 4.74 Å². The van der Waals surface area contributed by atoms with Crippen LogP contribution in [0.1, 0.15) is 36.1 Å². The lowest BCUT2D eigenvalue weighted by Crippen LogP contribution is -2.24. The predicted octanol–water partition coefficient (Wildman–Crippen LogP) is 8.63. The van der Waals surface area contributed by atoms with Crippen molar-refractivity contribution in [1.82, 2.24) is 4.57 Å². The van der Waals surface area contributed by atoms with Crippen LogP contribution in [0.2, 0.25) is 0 Å². The third-order valence-corrected chi connectivity index (χ3v) is 7.92. The van der Waals surface area contributed by atoms with E-state index < -0.39 is 0 Å². The third-order valence-electron chi connectivity index (χ3n) is 7.92. The van der Waals surface area contributed by atoms with Gasteiger partial charge in [0.05, 0.1) is 34.3 Å². The van der Waals surface area contributed by atoms with Crippen LogP contribution in [0.15, 0.2) is 103 Å². The molecule has 4 heteroatoms. The molecule has 7 rings (SSSR count). The summed E-state index contributed by atoms with van der Waals surface area (Å²) in [6, 6.07) is 39.1. The Labute approximate surface area is 226 Å². The smallest absolute Gasteiger partial charge is 0.131 e. The molecular formula is C35H23N3O. The van der Waals surface area contributed by atoms with Crippen molar-refractivity contribution in [3.05, 3.63) is 125 Å². The van der Waals surface area contributed by atoms with Crippen LogP contribution in [0, 0.1) is 22.7 Å². The third kappa shape index (κ3) is 3.43. The minimum atomic E-state index is -0.197. The summed E-state index contributed by atoms with van der Waals surface area (Å²) < 4.78 is 8.46. The minimum absolute atomic E-state index is 0.197. The summed E-state index contributed by atoms with van der Waals surface area (Å²) in [5.74, 6) is 1.80. The molecule has 1 aliphatic heterocycles. The van der Waals surface area contributed by atoms with Gasteiger partial charge in [-0.15, -0.1) is 0 Å². The van der Waals surface area contributed by atoms with Crippen LogP contribution in [0.5, 0.6) is 11.5 Å². The molecule has 0 atom stereocenters. The number of hydrogen-bond donors (Lipinski definition) is 0. The summed E-state index contributed by atoms with van der Waals surface area (Å²) in [6.45, 7) is 4.49. The van der Waals surface area contributed by atoms with Gasteiger partial charge in [-0.25, -0.2) is 0 Å². The van der Waals surface area contributed by atoms with E-state index in [4.69, 9.17) is 4.74 Å². The van der Waals surface area contributed by atoms with Gasteiger partial charge < -0.3 is 9.30 Å². The van der Waals surface area contributed by atoms with Crippen LogP contribution >= 0.6 is 0 Å². The maximum atomic E-state index is 9.62. The van der Waals surface area contributed by atoms with Crippen molar-refractivity contribution < 1.29 is 4.74 Å². The van der Waals surface area contributed by atoms with Crippen molar-refractivity contribution in [3.8, 4) is 40.5 Å². The molecule has 0 aliphatic carbocycles. The van der Waals surface area contributed by atoms with E-state index >= 15 is 0 Å². The monoisotopic (exact) mass is 501 g/mol. The number of ether oxygens (including phenoxy) is 1. The molecule has 0 unspecified atom stereocenters. The quantitative estimate of drug-likeness (QED) is 0.239. The molecule has 0 amide bonds. The number of aromatic nitrogens is 1. The highest BCUT2D eigenvalue weighted by Crippen LogP contribution is 2.49. The number of rotatable bonds is 2. The number of nitriles is 2. The largest absolute Gasteiger partial charge is 0.457 e. The molecule has 0 fully saturated rings. The molecule has 5 aromatic carbocycles. The lowest BCUT2D eigenvalue weighted by molar-refractivity contribution is 0.418. The summed E-state index contributed by atoms with van der Waals surface area (Å²) in [7, 11) is 0. The van der Waals surface area contributed by atoms with E-state index in [1.807, 2.05) is 54.6 Å². The molecule has 6 aromatic rings. The Balaban J connectivity index is 1.42. The van der Waals surface area contributed by atoms with Crippen LogP contribution in [0.3, 0.4) is 0 Å². The van der Waals surface area contributed by atoms with E-state index in [9.17, 15) is 10.5 Å². The Kier molecular flexibility index (Phi) is 4.89. The predicted molar refractivity (Wildman–Crippen MR) is 154 cm³/mol. The fourth-order valence-corrected chi connectivity index (χ4v) is 5.86. The Morgan fingerprint density at radius 3 is 2.00 bits per heavy atom. The van der Waals surface area contributed by atoms with Gasteiger partial charge in [-0.2, -0.15) is 10.5 Å². The van der Waals surface area contributed by atoms with E-state index in [1.165, 1.54) is 5.56 Å². The van der Waals surface area contributed by atoms with Crippen molar-refractivity contribution in [3.63, 3.8) is 0 Å². The van der Waals surface area contributed by atoms with Gasteiger partial charge in [0, 0.05) is 33.0 Å². The summed E-state index contributed by atoms with van der Waals surface area (Å²) >= 11 is 0. The highest BCUT2D eigenvalue weighted by molar-refractivity contribution is 6.11. The zero-order valence-electron chi connectivity index (χ0n) is 21.6. The molecule has 184 valence electrons. The van der Waals surface area contributed by atoms with Crippen molar-refractivity contribution >= 4 is 21.8 Å².